The predicted molar refractivity (Wildman–Crippen MR) is 27.8 cm³/mol. The second-order valence-electron chi connectivity index (χ2n) is 1.67. The second-order valence-corrected chi connectivity index (χ2v) is 1.67. The Morgan fingerprint density at radius 1 is 1.86 bits per heavy atom. The molecule has 1 aliphatic heterocycles. The molecule has 0 aliphatic carbocycles. The summed E-state index contributed by atoms with van der Waals surface area (Å²) in [6, 6.07) is 0. The molecule has 1 rings (SSSR count). The monoisotopic (exact) mass is 97.1 g/mol. The van der Waals surface area contributed by atoms with E-state index in [0.29, 0.717) is 0 Å². The molecule has 1 aliphatic rings. The van der Waals surface area contributed by atoms with Crippen molar-refractivity contribution in [1.29, 1.82) is 0 Å². The van der Waals surface area contributed by atoms with Gasteiger partial charge < -0.3 is 4.74 Å². The van der Waals surface area contributed by atoms with Crippen molar-refractivity contribution in [2.45, 2.75) is 19.4 Å². The fourth-order valence-electron chi connectivity index (χ4n) is 0.601. The van der Waals surface area contributed by atoms with E-state index in [9.17, 15) is 0 Å². The number of hydrogen-bond acceptors (Lipinski definition) is 1. The first-order chi connectivity index (χ1) is 3.39. The van der Waals surface area contributed by atoms with Gasteiger partial charge in [0.15, 0.2) is 0 Å². The highest BCUT2D eigenvalue weighted by atomic mass is 16.5. The van der Waals surface area contributed by atoms with Crippen molar-refractivity contribution in [1.82, 2.24) is 0 Å². The van der Waals surface area contributed by atoms with Gasteiger partial charge in [0, 0.05) is 0 Å². The van der Waals surface area contributed by atoms with Crippen LogP contribution >= 0.6 is 0 Å². The smallest absolute Gasteiger partial charge is 0.0797 e. The zero-order valence-electron chi connectivity index (χ0n) is 4.48. The Hall–Kier alpha value is -0.300. The molecule has 1 unspecified atom stereocenters. The summed E-state index contributed by atoms with van der Waals surface area (Å²) in [6.45, 7) is 2.86. The van der Waals surface area contributed by atoms with Gasteiger partial charge in [-0.1, -0.05) is 6.08 Å². The summed E-state index contributed by atoms with van der Waals surface area (Å²) < 4.78 is 5.14. The molecule has 0 saturated heterocycles. The van der Waals surface area contributed by atoms with Gasteiger partial charge in [-0.15, -0.1) is 0 Å². The van der Waals surface area contributed by atoms with Crippen LogP contribution in [0.4, 0.5) is 0 Å². The number of ether oxygens (including phenoxy) is 1. The molecule has 1 heterocycles. The molecule has 1 atom stereocenters. The Kier molecular flexibility index (Phi) is 1.47. The van der Waals surface area contributed by atoms with Crippen molar-refractivity contribution < 1.29 is 4.74 Å². The lowest BCUT2D eigenvalue weighted by molar-refractivity contribution is 0.0869. The molecule has 0 amide bonds. The molecular weight excluding hydrogens is 88.1 g/mol. The summed E-state index contributed by atoms with van der Waals surface area (Å²) in [5, 5.41) is 0. The van der Waals surface area contributed by atoms with Crippen LogP contribution in [0.25, 0.3) is 0 Å². The predicted octanol–water partition coefficient (Wildman–Crippen LogP) is 1.15. The zero-order chi connectivity index (χ0) is 5.11. The molecule has 0 N–H and O–H groups in total. The quantitative estimate of drug-likeness (QED) is 0.440. The van der Waals surface area contributed by atoms with Crippen LogP contribution in [0.15, 0.2) is 6.08 Å². The average Bonchev–Trinajstić information content (AvgIpc) is 1.69. The third-order valence-corrected chi connectivity index (χ3v) is 0.983. The van der Waals surface area contributed by atoms with Gasteiger partial charge in [0.1, 0.15) is 0 Å². The van der Waals surface area contributed by atoms with Gasteiger partial charge in [0.2, 0.25) is 0 Å². The number of hydrogen-bond donors (Lipinski definition) is 0. The Balaban J connectivity index is 2.36. The van der Waals surface area contributed by atoms with E-state index >= 15 is 0 Å². The first kappa shape index (κ1) is 4.85. The molecule has 0 fully saturated rings. The highest BCUT2D eigenvalue weighted by molar-refractivity contribution is 4.82. The minimum atomic E-state index is 0.230. The molecule has 7 heavy (non-hydrogen) atoms. The fraction of sp³-hybridized carbons (Fsp3) is 0.667. The highest BCUT2D eigenvalue weighted by Gasteiger charge is 1.99. The highest BCUT2D eigenvalue weighted by Crippen LogP contribution is 2.00. The fourth-order valence-corrected chi connectivity index (χ4v) is 0.601. The summed E-state index contributed by atoms with van der Waals surface area (Å²) in [6.07, 6.45) is 6.33. The molecule has 1 radical (unpaired) electrons. The van der Waals surface area contributed by atoms with E-state index in [1.54, 1.807) is 0 Å². The van der Waals surface area contributed by atoms with Gasteiger partial charge in [0.25, 0.3) is 0 Å². The maximum absolute atomic E-state index is 5.14. The summed E-state index contributed by atoms with van der Waals surface area (Å²) in [4.78, 5) is 0. The van der Waals surface area contributed by atoms with Gasteiger partial charge in [-0.3, -0.25) is 0 Å². The van der Waals surface area contributed by atoms with E-state index in [0.717, 1.165) is 13.0 Å². The largest absolute Gasteiger partial charge is 0.373 e. The molecule has 1 nitrogen and oxygen atoms in total. The van der Waals surface area contributed by atoms with Crippen molar-refractivity contribution in [3.05, 3.63) is 12.2 Å². The summed E-state index contributed by atoms with van der Waals surface area (Å²) in [5.41, 5.74) is 0. The van der Waals surface area contributed by atoms with Crippen LogP contribution < -0.4 is 0 Å². The third kappa shape index (κ3) is 1.32. The van der Waals surface area contributed by atoms with E-state index < -0.39 is 0 Å². The van der Waals surface area contributed by atoms with Crippen molar-refractivity contribution >= 4 is 0 Å². The van der Waals surface area contributed by atoms with E-state index in [4.69, 9.17) is 4.74 Å². The normalized spacial score (nSPS) is 30.7. The van der Waals surface area contributed by atoms with E-state index in [2.05, 4.69) is 6.08 Å². The van der Waals surface area contributed by atoms with Gasteiger partial charge in [-0.25, -0.2) is 0 Å². The minimum Gasteiger partial charge on any atom is -0.373 e. The topological polar surface area (TPSA) is 9.23 Å². The summed E-state index contributed by atoms with van der Waals surface area (Å²) >= 11 is 0. The van der Waals surface area contributed by atoms with Crippen molar-refractivity contribution in [2.24, 2.45) is 0 Å². The van der Waals surface area contributed by atoms with Crippen molar-refractivity contribution in [3.8, 4) is 0 Å². The Morgan fingerprint density at radius 2 is 2.71 bits per heavy atom. The third-order valence-electron chi connectivity index (χ3n) is 0.983. The van der Waals surface area contributed by atoms with Gasteiger partial charge in [-0.2, -0.15) is 0 Å². The molecule has 0 bridgehead atoms. The Labute approximate surface area is 44.0 Å². The van der Waals surface area contributed by atoms with Crippen LogP contribution in [0.5, 0.6) is 0 Å². The molecular formula is C6H9O. The summed E-state index contributed by atoms with van der Waals surface area (Å²) in [7, 11) is 0. The number of rotatable bonds is 0. The first-order valence-electron chi connectivity index (χ1n) is 2.59. The molecule has 0 saturated carbocycles. The maximum Gasteiger partial charge on any atom is 0.0797 e. The minimum absolute atomic E-state index is 0.230. The van der Waals surface area contributed by atoms with E-state index in [-0.39, 0.29) is 6.10 Å². The molecule has 39 valence electrons. The molecule has 0 aromatic rings. The lowest BCUT2D eigenvalue weighted by atomic mass is 10.3. The van der Waals surface area contributed by atoms with Gasteiger partial charge in [0.05, 0.1) is 12.7 Å². The van der Waals surface area contributed by atoms with Crippen LogP contribution in [0.2, 0.25) is 0 Å². The first-order valence-corrected chi connectivity index (χ1v) is 2.59. The molecule has 0 aromatic heterocycles. The lowest BCUT2D eigenvalue weighted by Gasteiger charge is -2.10. The van der Waals surface area contributed by atoms with Crippen LogP contribution in [-0.2, 0) is 4.74 Å². The van der Waals surface area contributed by atoms with Gasteiger partial charge in [-0.05, 0) is 19.4 Å². The van der Waals surface area contributed by atoms with Crippen molar-refractivity contribution in [2.75, 3.05) is 6.61 Å². The van der Waals surface area contributed by atoms with Crippen LogP contribution in [0, 0.1) is 6.08 Å². The Bertz CT molecular complexity index is 76.2. The van der Waals surface area contributed by atoms with Crippen molar-refractivity contribution in [3.63, 3.8) is 0 Å². The average molecular weight is 97.1 g/mol. The standard InChI is InChI=1S/C6H9O/c1-6-4-2-3-5-7-6/h2,6H,3,5H2,1H3. The SMILES string of the molecule is CC1[C]=CCCO1. The van der Waals surface area contributed by atoms with Crippen LogP contribution in [0.1, 0.15) is 13.3 Å². The van der Waals surface area contributed by atoms with E-state index in [1.165, 1.54) is 0 Å². The molecule has 1 heteroatoms. The van der Waals surface area contributed by atoms with Crippen LogP contribution in [0.3, 0.4) is 0 Å². The molecule has 0 aromatic carbocycles. The lowest BCUT2D eigenvalue weighted by Crippen LogP contribution is -2.09. The second kappa shape index (κ2) is 2.12. The Morgan fingerprint density at radius 3 is 3.00 bits per heavy atom. The van der Waals surface area contributed by atoms with Gasteiger partial charge >= 0.3 is 0 Å². The van der Waals surface area contributed by atoms with Crippen LogP contribution in [-0.4, -0.2) is 12.7 Å². The zero-order valence-corrected chi connectivity index (χ0v) is 4.48. The summed E-state index contributed by atoms with van der Waals surface area (Å²) in [5.74, 6) is 0. The van der Waals surface area contributed by atoms with E-state index in [1.807, 2.05) is 13.0 Å². The molecule has 0 spiro atoms. The maximum atomic E-state index is 5.14.